The van der Waals surface area contributed by atoms with Crippen LogP contribution in [0.4, 0.5) is 5.69 Å². The molecule has 1 amide bonds. The van der Waals surface area contributed by atoms with Gasteiger partial charge in [0.2, 0.25) is 6.79 Å². The number of nitro benzene ring substituents is 1. The van der Waals surface area contributed by atoms with Crippen molar-refractivity contribution in [2.24, 2.45) is 0 Å². The molecule has 0 bridgehead atoms. The third-order valence-corrected chi connectivity index (χ3v) is 3.86. The highest BCUT2D eigenvalue weighted by atomic mass is 35.5. The fourth-order valence-electron chi connectivity index (χ4n) is 2.40. The van der Waals surface area contributed by atoms with E-state index in [9.17, 15) is 14.9 Å². The van der Waals surface area contributed by atoms with Crippen molar-refractivity contribution in [1.82, 2.24) is 5.32 Å². The van der Waals surface area contributed by atoms with E-state index in [1.54, 1.807) is 25.1 Å². The predicted molar refractivity (Wildman–Crippen MR) is 86.6 cm³/mol. The molecule has 0 saturated carbocycles. The maximum absolute atomic E-state index is 12.5. The predicted octanol–water partition coefficient (Wildman–Crippen LogP) is 3.47. The molecular weight excluding hydrogens is 336 g/mol. The van der Waals surface area contributed by atoms with Gasteiger partial charge in [0.15, 0.2) is 11.5 Å². The summed E-state index contributed by atoms with van der Waals surface area (Å²) in [4.78, 5) is 23.1. The van der Waals surface area contributed by atoms with E-state index in [-0.39, 0.29) is 29.8 Å². The van der Waals surface area contributed by atoms with Crippen molar-refractivity contribution in [3.05, 3.63) is 62.7 Å². The number of hydrogen-bond acceptors (Lipinski definition) is 5. The van der Waals surface area contributed by atoms with Crippen LogP contribution in [0.3, 0.4) is 0 Å². The van der Waals surface area contributed by atoms with Gasteiger partial charge in [-0.2, -0.15) is 0 Å². The molecule has 0 spiro atoms. The highest BCUT2D eigenvalue weighted by Gasteiger charge is 2.27. The Hall–Kier alpha value is -2.80. The van der Waals surface area contributed by atoms with Gasteiger partial charge in [0, 0.05) is 11.1 Å². The monoisotopic (exact) mass is 348 g/mol. The maximum atomic E-state index is 12.5. The van der Waals surface area contributed by atoms with Gasteiger partial charge in [-0.3, -0.25) is 14.9 Å². The van der Waals surface area contributed by atoms with Gasteiger partial charge >= 0.3 is 0 Å². The molecule has 3 rings (SSSR count). The highest BCUT2D eigenvalue weighted by Crippen LogP contribution is 2.38. The smallest absolute Gasteiger partial charge is 0.286 e. The first-order valence-electron chi connectivity index (χ1n) is 7.10. The Morgan fingerprint density at radius 3 is 2.67 bits per heavy atom. The number of rotatable bonds is 4. The fourth-order valence-corrected chi connectivity index (χ4v) is 2.60. The number of fused-ring (bicyclic) bond motifs is 1. The second-order valence-corrected chi connectivity index (χ2v) is 5.67. The lowest BCUT2D eigenvalue weighted by Crippen LogP contribution is -2.27. The van der Waals surface area contributed by atoms with Crippen molar-refractivity contribution >= 4 is 23.2 Å². The van der Waals surface area contributed by atoms with E-state index in [2.05, 4.69) is 5.32 Å². The van der Waals surface area contributed by atoms with Crippen molar-refractivity contribution < 1.29 is 19.2 Å². The quantitative estimate of drug-likeness (QED) is 0.674. The van der Waals surface area contributed by atoms with Gasteiger partial charge in [-0.05, 0) is 24.6 Å². The lowest BCUT2D eigenvalue weighted by molar-refractivity contribution is -0.385. The second-order valence-electron chi connectivity index (χ2n) is 5.23. The lowest BCUT2D eigenvalue weighted by Gasteiger charge is -2.15. The van der Waals surface area contributed by atoms with Gasteiger partial charge in [0.1, 0.15) is 5.56 Å². The van der Waals surface area contributed by atoms with Crippen LogP contribution >= 0.6 is 11.6 Å². The average Bonchev–Trinajstić information content (AvgIpc) is 3.00. The number of hydrogen-bond donors (Lipinski definition) is 1. The Kier molecular flexibility index (Phi) is 4.26. The number of carbonyl (C=O) groups is 1. The average molecular weight is 349 g/mol. The molecule has 0 aromatic heterocycles. The first kappa shape index (κ1) is 16.1. The van der Waals surface area contributed by atoms with Crippen LogP contribution in [0, 0.1) is 10.1 Å². The number of halogens is 1. The molecule has 0 aliphatic carbocycles. The minimum absolute atomic E-state index is 0.0313. The molecule has 2 aromatic carbocycles. The summed E-state index contributed by atoms with van der Waals surface area (Å²) in [6, 6.07) is 9.17. The van der Waals surface area contributed by atoms with Crippen LogP contribution in [0.25, 0.3) is 0 Å². The lowest BCUT2D eigenvalue weighted by atomic mass is 10.1. The zero-order chi connectivity index (χ0) is 17.3. The van der Waals surface area contributed by atoms with Gasteiger partial charge in [-0.25, -0.2) is 0 Å². The van der Waals surface area contributed by atoms with E-state index in [0.717, 1.165) is 5.56 Å². The molecule has 124 valence electrons. The zero-order valence-corrected chi connectivity index (χ0v) is 13.4. The first-order chi connectivity index (χ1) is 11.5. The van der Waals surface area contributed by atoms with Crippen molar-refractivity contribution in [3.8, 4) is 11.5 Å². The molecule has 1 unspecified atom stereocenters. The van der Waals surface area contributed by atoms with Gasteiger partial charge < -0.3 is 14.8 Å². The molecule has 2 aromatic rings. The number of amides is 1. The molecule has 0 fully saturated rings. The van der Waals surface area contributed by atoms with Gasteiger partial charge in [-0.15, -0.1) is 0 Å². The van der Waals surface area contributed by atoms with Crippen LogP contribution in [0.1, 0.15) is 28.9 Å². The van der Waals surface area contributed by atoms with Crippen molar-refractivity contribution in [2.45, 2.75) is 13.0 Å². The van der Waals surface area contributed by atoms with Crippen LogP contribution in [-0.2, 0) is 0 Å². The third kappa shape index (κ3) is 3.11. The second kappa shape index (κ2) is 6.37. The molecule has 1 atom stereocenters. The molecule has 1 aliphatic rings. The van der Waals surface area contributed by atoms with E-state index in [1.807, 2.05) is 6.07 Å². The Bertz CT molecular complexity index is 824. The minimum atomic E-state index is -0.624. The largest absolute Gasteiger partial charge is 0.454 e. The molecule has 7 nitrogen and oxygen atoms in total. The number of benzene rings is 2. The molecule has 1 aliphatic heterocycles. The topological polar surface area (TPSA) is 90.7 Å². The summed E-state index contributed by atoms with van der Waals surface area (Å²) >= 11 is 5.94. The summed E-state index contributed by atoms with van der Waals surface area (Å²) in [5.41, 5.74) is 0.368. The SMILES string of the molecule is CC(NC(=O)c1cc2c(cc1[N+](=O)[O-])OCO2)c1cccc(Cl)c1. The van der Waals surface area contributed by atoms with Crippen LogP contribution < -0.4 is 14.8 Å². The summed E-state index contributed by atoms with van der Waals surface area (Å²) < 4.78 is 10.3. The molecule has 1 N–H and O–H groups in total. The molecular formula is C16H13ClN2O5. The number of ether oxygens (including phenoxy) is 2. The molecule has 0 saturated heterocycles. The van der Waals surface area contributed by atoms with Gasteiger partial charge in [-0.1, -0.05) is 23.7 Å². The van der Waals surface area contributed by atoms with Crippen LogP contribution in [0.5, 0.6) is 11.5 Å². The zero-order valence-electron chi connectivity index (χ0n) is 12.6. The molecule has 24 heavy (non-hydrogen) atoms. The van der Waals surface area contributed by atoms with Crippen molar-refractivity contribution in [2.75, 3.05) is 6.79 Å². The Balaban J connectivity index is 1.88. The number of carbonyl (C=O) groups excluding carboxylic acids is 1. The van der Waals surface area contributed by atoms with E-state index in [0.29, 0.717) is 10.8 Å². The van der Waals surface area contributed by atoms with Crippen molar-refractivity contribution in [3.63, 3.8) is 0 Å². The van der Waals surface area contributed by atoms with E-state index >= 15 is 0 Å². The first-order valence-corrected chi connectivity index (χ1v) is 7.48. The standard InChI is InChI=1S/C16H13ClN2O5/c1-9(10-3-2-4-11(17)5-10)18-16(20)12-6-14-15(24-8-23-14)7-13(12)19(21)22/h2-7,9H,8H2,1H3,(H,18,20). The van der Waals surface area contributed by atoms with E-state index in [4.69, 9.17) is 21.1 Å². The summed E-state index contributed by atoms with van der Waals surface area (Å²) in [6.07, 6.45) is 0. The number of nitrogens with one attached hydrogen (secondary N) is 1. The molecule has 1 heterocycles. The maximum Gasteiger partial charge on any atom is 0.286 e. The normalized spacial score (nSPS) is 13.4. The minimum Gasteiger partial charge on any atom is -0.454 e. The van der Waals surface area contributed by atoms with Gasteiger partial charge in [0.25, 0.3) is 11.6 Å². The Labute approximate surface area is 142 Å². The van der Waals surface area contributed by atoms with Crippen molar-refractivity contribution in [1.29, 1.82) is 0 Å². The summed E-state index contributed by atoms with van der Waals surface area (Å²) in [6.45, 7) is 1.73. The number of nitro groups is 1. The van der Waals surface area contributed by atoms with Crippen LogP contribution in [0.15, 0.2) is 36.4 Å². The Morgan fingerprint density at radius 1 is 1.29 bits per heavy atom. The summed E-state index contributed by atoms with van der Waals surface area (Å²) in [5, 5.41) is 14.5. The highest BCUT2D eigenvalue weighted by molar-refractivity contribution is 6.30. The summed E-state index contributed by atoms with van der Waals surface area (Å²) in [7, 11) is 0. The molecule has 0 radical (unpaired) electrons. The fraction of sp³-hybridized carbons (Fsp3) is 0.188. The Morgan fingerprint density at radius 2 is 2.00 bits per heavy atom. The van der Waals surface area contributed by atoms with Gasteiger partial charge in [0.05, 0.1) is 17.0 Å². The van der Waals surface area contributed by atoms with Crippen LogP contribution in [0.2, 0.25) is 5.02 Å². The summed E-state index contributed by atoms with van der Waals surface area (Å²) in [5.74, 6) is -0.0187. The van der Waals surface area contributed by atoms with Crippen LogP contribution in [-0.4, -0.2) is 17.6 Å². The van der Waals surface area contributed by atoms with E-state index in [1.165, 1.54) is 12.1 Å². The number of nitrogens with zero attached hydrogens (tertiary/aromatic N) is 1. The third-order valence-electron chi connectivity index (χ3n) is 3.63. The molecule has 8 heteroatoms. The van der Waals surface area contributed by atoms with E-state index < -0.39 is 10.8 Å².